The molecule has 2 aromatic rings. The molecule has 0 aliphatic rings. The number of aliphatic carboxylic acids is 1. The zero-order chi connectivity index (χ0) is 27.5. The van der Waals surface area contributed by atoms with Crippen molar-refractivity contribution in [3.05, 3.63) is 36.4 Å². The zero-order valence-corrected chi connectivity index (χ0v) is 20.6. The van der Waals surface area contributed by atoms with Crippen LogP contribution in [0.15, 0.2) is 25.0 Å². The van der Waals surface area contributed by atoms with E-state index in [0.29, 0.717) is 17.8 Å². The van der Waals surface area contributed by atoms with Crippen LogP contribution in [-0.4, -0.2) is 78.8 Å². The molecule has 0 aliphatic heterocycles. The SMILES string of the molecule is CCC(C)C(NC(=O)C(Cc1cnc[nH]1)NC(=O)C(CC(N)=O)NC(=O)C(N)Cc1cnc[nH]1)C(=O)O. The van der Waals surface area contributed by atoms with E-state index in [0.717, 1.165) is 0 Å². The van der Waals surface area contributed by atoms with Crippen LogP contribution in [0.5, 0.6) is 0 Å². The molecule has 0 saturated carbocycles. The molecule has 2 aromatic heterocycles. The second-order valence-corrected chi connectivity index (χ2v) is 8.67. The molecule has 0 aromatic carbocycles. The fourth-order valence-corrected chi connectivity index (χ4v) is 3.45. The number of hydrogen-bond acceptors (Lipinski definition) is 8. The van der Waals surface area contributed by atoms with Gasteiger partial charge < -0.3 is 42.5 Å². The number of rotatable bonds is 15. The number of amides is 4. The predicted octanol–water partition coefficient (Wildman–Crippen LogP) is -2.29. The highest BCUT2D eigenvalue weighted by atomic mass is 16.4. The van der Waals surface area contributed by atoms with Crippen LogP contribution in [0.25, 0.3) is 0 Å². The van der Waals surface area contributed by atoms with E-state index >= 15 is 0 Å². The minimum atomic E-state index is -1.43. The molecule has 15 heteroatoms. The van der Waals surface area contributed by atoms with Crippen LogP contribution in [-0.2, 0) is 36.8 Å². The fourth-order valence-electron chi connectivity index (χ4n) is 3.45. The average Bonchev–Trinajstić information content (AvgIpc) is 3.54. The summed E-state index contributed by atoms with van der Waals surface area (Å²) in [6.45, 7) is 3.46. The van der Waals surface area contributed by atoms with E-state index in [9.17, 15) is 29.1 Å². The Morgan fingerprint density at radius 1 is 0.919 bits per heavy atom. The Morgan fingerprint density at radius 3 is 1.95 bits per heavy atom. The van der Waals surface area contributed by atoms with Gasteiger partial charge in [-0.15, -0.1) is 0 Å². The number of hydrogen-bond donors (Lipinski definition) is 8. The van der Waals surface area contributed by atoms with E-state index < -0.39 is 60.2 Å². The number of H-pyrrole nitrogens is 2. The highest BCUT2D eigenvalue weighted by Crippen LogP contribution is 2.09. The maximum atomic E-state index is 13.1. The first kappa shape index (κ1) is 29.0. The Morgan fingerprint density at radius 2 is 1.46 bits per heavy atom. The molecule has 0 spiro atoms. The number of nitrogens with one attached hydrogen (secondary N) is 5. The lowest BCUT2D eigenvalue weighted by Crippen LogP contribution is -2.59. The van der Waals surface area contributed by atoms with Crippen LogP contribution in [0.1, 0.15) is 38.1 Å². The van der Waals surface area contributed by atoms with Crippen molar-refractivity contribution in [2.75, 3.05) is 0 Å². The number of nitrogens with two attached hydrogens (primary N) is 2. The second-order valence-electron chi connectivity index (χ2n) is 8.67. The summed E-state index contributed by atoms with van der Waals surface area (Å²) < 4.78 is 0. The lowest BCUT2D eigenvalue weighted by atomic mass is 9.98. The molecule has 10 N–H and O–H groups in total. The summed E-state index contributed by atoms with van der Waals surface area (Å²) in [5.74, 6) is -4.86. The maximum Gasteiger partial charge on any atom is 0.326 e. The molecule has 4 amide bonds. The lowest BCUT2D eigenvalue weighted by Gasteiger charge is -2.26. The Bertz CT molecular complexity index is 1060. The van der Waals surface area contributed by atoms with E-state index in [2.05, 4.69) is 35.9 Å². The number of carboxylic acids is 1. The van der Waals surface area contributed by atoms with Gasteiger partial charge in [0.2, 0.25) is 23.6 Å². The molecule has 15 nitrogen and oxygen atoms in total. The molecule has 2 heterocycles. The number of nitrogens with zero attached hydrogens (tertiary/aromatic N) is 2. The average molecular weight is 520 g/mol. The monoisotopic (exact) mass is 519 g/mol. The Hall–Kier alpha value is -4.27. The van der Waals surface area contributed by atoms with Crippen molar-refractivity contribution in [2.24, 2.45) is 17.4 Å². The van der Waals surface area contributed by atoms with Crippen LogP contribution < -0.4 is 27.4 Å². The van der Waals surface area contributed by atoms with Gasteiger partial charge in [-0.3, -0.25) is 19.2 Å². The van der Waals surface area contributed by atoms with Crippen molar-refractivity contribution in [2.45, 2.75) is 63.7 Å². The van der Waals surface area contributed by atoms with Crippen molar-refractivity contribution in [1.82, 2.24) is 35.9 Å². The van der Waals surface area contributed by atoms with Crippen molar-refractivity contribution in [3.8, 4) is 0 Å². The minimum absolute atomic E-state index is 0.0685. The molecule has 5 unspecified atom stereocenters. The Balaban J connectivity index is 2.18. The molecule has 0 saturated heterocycles. The van der Waals surface area contributed by atoms with Crippen molar-refractivity contribution in [1.29, 1.82) is 0 Å². The number of aromatic nitrogens is 4. The molecule has 0 radical (unpaired) electrons. The Labute approximate surface area is 212 Å². The molecular weight excluding hydrogens is 486 g/mol. The van der Waals surface area contributed by atoms with Crippen LogP contribution >= 0.6 is 0 Å². The van der Waals surface area contributed by atoms with Crippen LogP contribution in [0.2, 0.25) is 0 Å². The quantitative estimate of drug-likeness (QED) is 0.126. The minimum Gasteiger partial charge on any atom is -0.480 e. The van der Waals surface area contributed by atoms with Crippen molar-refractivity contribution in [3.63, 3.8) is 0 Å². The van der Waals surface area contributed by atoms with E-state index in [1.165, 1.54) is 25.0 Å². The summed E-state index contributed by atoms with van der Waals surface area (Å²) >= 11 is 0. The second kappa shape index (κ2) is 13.7. The van der Waals surface area contributed by atoms with Gasteiger partial charge in [0, 0.05) is 36.6 Å². The third-order valence-electron chi connectivity index (χ3n) is 5.76. The van der Waals surface area contributed by atoms with Gasteiger partial charge in [-0.05, 0) is 5.92 Å². The fraction of sp³-hybridized carbons (Fsp3) is 0.500. The number of primary amides is 1. The zero-order valence-electron chi connectivity index (χ0n) is 20.6. The first-order valence-corrected chi connectivity index (χ1v) is 11.6. The number of carboxylic acid groups (broad SMARTS) is 1. The number of carbonyl (C=O) groups excluding carboxylic acids is 4. The van der Waals surface area contributed by atoms with Gasteiger partial charge in [0.25, 0.3) is 0 Å². The Kier molecular flexibility index (Phi) is 10.7. The number of imidazole rings is 2. The van der Waals surface area contributed by atoms with Crippen LogP contribution in [0.4, 0.5) is 0 Å². The first-order chi connectivity index (χ1) is 17.5. The van der Waals surface area contributed by atoms with E-state index in [1.807, 2.05) is 0 Å². The molecule has 37 heavy (non-hydrogen) atoms. The molecule has 0 aliphatic carbocycles. The summed E-state index contributed by atoms with van der Waals surface area (Å²) in [4.78, 5) is 75.4. The van der Waals surface area contributed by atoms with E-state index in [4.69, 9.17) is 11.5 Å². The summed E-state index contributed by atoms with van der Waals surface area (Å²) in [6, 6.07) is -4.95. The standard InChI is InChI=1S/C22H33N9O6/c1-3-11(2)18(22(36)37)31-21(35)15(5-13-8-26-10-28-13)30-20(34)16(6-17(24)32)29-19(33)14(23)4-12-7-25-9-27-12/h7-11,14-16,18H,3-6,23H2,1-2H3,(H2,24,32)(H,25,27)(H,26,28)(H,29,33)(H,30,34)(H,31,35)(H,36,37). The van der Waals surface area contributed by atoms with Crippen molar-refractivity contribution < 1.29 is 29.1 Å². The molecule has 0 bridgehead atoms. The smallest absolute Gasteiger partial charge is 0.326 e. The van der Waals surface area contributed by atoms with Crippen LogP contribution in [0, 0.1) is 5.92 Å². The van der Waals surface area contributed by atoms with Gasteiger partial charge in [-0.25, -0.2) is 14.8 Å². The molecule has 2 rings (SSSR count). The summed E-state index contributed by atoms with van der Waals surface area (Å²) in [5.41, 5.74) is 12.2. The topological polar surface area (TPSA) is 251 Å². The van der Waals surface area contributed by atoms with E-state index in [1.54, 1.807) is 13.8 Å². The van der Waals surface area contributed by atoms with E-state index in [-0.39, 0.29) is 18.8 Å². The third-order valence-corrected chi connectivity index (χ3v) is 5.76. The van der Waals surface area contributed by atoms with Gasteiger partial charge in [-0.2, -0.15) is 0 Å². The largest absolute Gasteiger partial charge is 0.480 e. The highest BCUT2D eigenvalue weighted by molar-refractivity contribution is 5.96. The summed E-state index contributed by atoms with van der Waals surface area (Å²) in [7, 11) is 0. The van der Waals surface area contributed by atoms with Crippen LogP contribution in [0.3, 0.4) is 0 Å². The lowest BCUT2D eigenvalue weighted by molar-refractivity contribution is -0.144. The van der Waals surface area contributed by atoms with Gasteiger partial charge in [0.1, 0.15) is 18.1 Å². The van der Waals surface area contributed by atoms with Gasteiger partial charge in [0.05, 0.1) is 25.1 Å². The molecule has 5 atom stereocenters. The molecule has 202 valence electrons. The number of carbonyl (C=O) groups is 5. The summed E-state index contributed by atoms with van der Waals surface area (Å²) in [5, 5.41) is 16.9. The highest BCUT2D eigenvalue weighted by Gasteiger charge is 2.33. The number of aromatic amines is 2. The summed E-state index contributed by atoms with van der Waals surface area (Å²) in [6.07, 6.45) is 5.68. The third kappa shape index (κ3) is 9.03. The predicted molar refractivity (Wildman–Crippen MR) is 129 cm³/mol. The normalized spacial score (nSPS) is 15.0. The first-order valence-electron chi connectivity index (χ1n) is 11.6. The van der Waals surface area contributed by atoms with Gasteiger partial charge in [-0.1, -0.05) is 20.3 Å². The van der Waals surface area contributed by atoms with Gasteiger partial charge >= 0.3 is 5.97 Å². The molecule has 0 fully saturated rings. The maximum absolute atomic E-state index is 13.1. The van der Waals surface area contributed by atoms with Gasteiger partial charge in [0.15, 0.2) is 0 Å². The van der Waals surface area contributed by atoms with Crippen molar-refractivity contribution >= 4 is 29.6 Å². The molecular formula is C22H33N9O6.